The van der Waals surface area contributed by atoms with Gasteiger partial charge in [-0.2, -0.15) is 0 Å². The van der Waals surface area contributed by atoms with Gasteiger partial charge in [0, 0.05) is 20.1 Å². The van der Waals surface area contributed by atoms with Crippen LogP contribution in [0.25, 0.3) is 0 Å². The van der Waals surface area contributed by atoms with Crippen molar-refractivity contribution < 1.29 is 9.90 Å². The van der Waals surface area contributed by atoms with Gasteiger partial charge in [0.2, 0.25) is 0 Å². The zero-order valence-electron chi connectivity index (χ0n) is 11.2. The molecule has 2 N–H and O–H groups in total. The zero-order valence-corrected chi connectivity index (χ0v) is 11.2. The van der Waals surface area contributed by atoms with Gasteiger partial charge in [0.25, 0.3) is 0 Å². The smallest absolute Gasteiger partial charge is 0.317 e. The lowest BCUT2D eigenvalue weighted by molar-refractivity contribution is 0.181. The second-order valence-electron chi connectivity index (χ2n) is 5.53. The summed E-state index contributed by atoms with van der Waals surface area (Å²) in [6.07, 6.45) is 7.62. The van der Waals surface area contributed by atoms with E-state index in [1.54, 1.807) is 7.05 Å². The van der Waals surface area contributed by atoms with E-state index in [1.807, 2.05) is 0 Å². The van der Waals surface area contributed by atoms with Crippen molar-refractivity contribution >= 4 is 6.03 Å². The fraction of sp³-hybridized carbons (Fsp3) is 0.923. The average Bonchev–Trinajstić information content (AvgIpc) is 2.52. The lowest BCUT2D eigenvalue weighted by Crippen LogP contribution is -2.43. The monoisotopic (exact) mass is 242 g/mol. The highest BCUT2D eigenvalue weighted by Crippen LogP contribution is 2.33. The van der Waals surface area contributed by atoms with Crippen LogP contribution in [0.15, 0.2) is 0 Å². The van der Waals surface area contributed by atoms with Crippen LogP contribution in [0.5, 0.6) is 0 Å². The summed E-state index contributed by atoms with van der Waals surface area (Å²) < 4.78 is 0. The molecule has 0 aliphatic heterocycles. The van der Waals surface area contributed by atoms with E-state index >= 15 is 0 Å². The fourth-order valence-corrected chi connectivity index (χ4v) is 2.43. The highest BCUT2D eigenvalue weighted by Gasteiger charge is 2.26. The molecule has 0 aromatic carbocycles. The molecule has 1 saturated carbocycles. The molecule has 1 fully saturated rings. The maximum atomic E-state index is 11.7. The Balaban J connectivity index is 2.34. The molecule has 0 saturated heterocycles. The Bertz CT molecular complexity index is 236. The van der Waals surface area contributed by atoms with E-state index in [-0.39, 0.29) is 18.1 Å². The Labute approximate surface area is 104 Å². The number of hydrogen-bond donors (Lipinski definition) is 2. The molecule has 1 aliphatic carbocycles. The van der Waals surface area contributed by atoms with Gasteiger partial charge < -0.3 is 15.3 Å². The van der Waals surface area contributed by atoms with Gasteiger partial charge in [0.1, 0.15) is 0 Å². The molecule has 0 bridgehead atoms. The minimum Gasteiger partial charge on any atom is -0.395 e. The van der Waals surface area contributed by atoms with Crippen molar-refractivity contribution in [3.05, 3.63) is 0 Å². The van der Waals surface area contributed by atoms with Crippen molar-refractivity contribution in [2.75, 3.05) is 26.7 Å². The minimum atomic E-state index is -0.0791. The van der Waals surface area contributed by atoms with Crippen molar-refractivity contribution in [3.8, 4) is 0 Å². The third kappa shape index (κ3) is 4.94. The number of carbonyl (C=O) groups is 1. The van der Waals surface area contributed by atoms with Crippen LogP contribution in [-0.4, -0.2) is 42.8 Å². The third-order valence-corrected chi connectivity index (χ3v) is 3.76. The van der Waals surface area contributed by atoms with Gasteiger partial charge in [-0.3, -0.25) is 0 Å². The summed E-state index contributed by atoms with van der Waals surface area (Å²) in [6, 6.07) is -0.0791. The maximum absolute atomic E-state index is 11.7. The molecular weight excluding hydrogens is 216 g/mol. The third-order valence-electron chi connectivity index (χ3n) is 3.76. The minimum absolute atomic E-state index is 0.0151. The van der Waals surface area contributed by atoms with Crippen LogP contribution in [0.1, 0.15) is 45.4 Å². The predicted octanol–water partition coefficient (Wildman–Crippen LogP) is 1.98. The normalized spacial score (nSPS) is 19.5. The Morgan fingerprint density at radius 3 is 2.41 bits per heavy atom. The van der Waals surface area contributed by atoms with Gasteiger partial charge in [0.15, 0.2) is 0 Å². The molecule has 17 heavy (non-hydrogen) atoms. The number of urea groups is 1. The largest absolute Gasteiger partial charge is 0.395 e. The fourth-order valence-electron chi connectivity index (χ4n) is 2.43. The molecule has 0 unspecified atom stereocenters. The number of amides is 2. The average molecular weight is 242 g/mol. The Morgan fingerprint density at radius 1 is 1.29 bits per heavy atom. The van der Waals surface area contributed by atoms with Crippen molar-refractivity contribution in [2.24, 2.45) is 5.41 Å². The van der Waals surface area contributed by atoms with Crippen LogP contribution in [0, 0.1) is 5.41 Å². The second kappa shape index (κ2) is 6.84. The van der Waals surface area contributed by atoms with E-state index in [0.717, 1.165) is 6.54 Å². The van der Waals surface area contributed by atoms with Gasteiger partial charge in [-0.15, -0.1) is 0 Å². The number of nitrogens with one attached hydrogen (secondary N) is 1. The van der Waals surface area contributed by atoms with Gasteiger partial charge >= 0.3 is 6.03 Å². The molecule has 0 aromatic rings. The molecule has 0 radical (unpaired) electrons. The standard InChI is InChI=1S/C13H26N2O2/c1-13(7-5-3-4-6-8-13)11-14-12(17)15(2)9-10-16/h16H,3-11H2,1-2H3,(H,14,17). The first-order valence-electron chi connectivity index (χ1n) is 6.67. The van der Waals surface area contributed by atoms with E-state index in [4.69, 9.17) is 5.11 Å². The van der Waals surface area contributed by atoms with Crippen LogP contribution in [-0.2, 0) is 0 Å². The Morgan fingerprint density at radius 2 is 1.88 bits per heavy atom. The molecule has 0 spiro atoms. The summed E-state index contributed by atoms with van der Waals surface area (Å²) >= 11 is 0. The van der Waals surface area contributed by atoms with Gasteiger partial charge in [0.05, 0.1) is 6.61 Å². The molecule has 0 heterocycles. The van der Waals surface area contributed by atoms with Crippen molar-refractivity contribution in [1.82, 2.24) is 10.2 Å². The Hall–Kier alpha value is -0.770. The van der Waals surface area contributed by atoms with E-state index < -0.39 is 0 Å². The van der Waals surface area contributed by atoms with Crippen LogP contribution in [0.2, 0.25) is 0 Å². The van der Waals surface area contributed by atoms with Crippen molar-refractivity contribution in [1.29, 1.82) is 0 Å². The quantitative estimate of drug-likeness (QED) is 0.741. The number of aliphatic hydroxyl groups is 1. The van der Waals surface area contributed by atoms with E-state index in [0.29, 0.717) is 6.54 Å². The number of hydrogen-bond acceptors (Lipinski definition) is 2. The molecule has 0 atom stereocenters. The number of aliphatic hydroxyl groups excluding tert-OH is 1. The van der Waals surface area contributed by atoms with Crippen molar-refractivity contribution in [2.45, 2.75) is 45.4 Å². The first-order chi connectivity index (χ1) is 8.07. The topological polar surface area (TPSA) is 52.6 Å². The summed E-state index contributed by atoms with van der Waals surface area (Å²) in [4.78, 5) is 13.2. The summed E-state index contributed by atoms with van der Waals surface area (Å²) in [5.41, 5.74) is 0.256. The zero-order chi connectivity index (χ0) is 12.7. The van der Waals surface area contributed by atoms with Gasteiger partial charge in [-0.25, -0.2) is 4.79 Å². The molecule has 4 heteroatoms. The molecule has 1 rings (SSSR count). The molecule has 100 valence electrons. The summed E-state index contributed by atoms with van der Waals surface area (Å²) in [5.74, 6) is 0. The molecule has 2 amide bonds. The first kappa shape index (κ1) is 14.3. The van der Waals surface area contributed by atoms with Crippen molar-refractivity contribution in [3.63, 3.8) is 0 Å². The summed E-state index contributed by atoms with van der Waals surface area (Å²) in [5, 5.41) is 11.7. The lowest BCUT2D eigenvalue weighted by Gasteiger charge is -2.29. The van der Waals surface area contributed by atoms with E-state index in [9.17, 15) is 4.79 Å². The van der Waals surface area contributed by atoms with E-state index in [1.165, 1.54) is 43.4 Å². The number of carbonyl (C=O) groups excluding carboxylic acids is 1. The van der Waals surface area contributed by atoms with Crippen LogP contribution in [0.4, 0.5) is 4.79 Å². The van der Waals surface area contributed by atoms with Crippen LogP contribution in [0.3, 0.4) is 0 Å². The molecule has 4 nitrogen and oxygen atoms in total. The first-order valence-corrected chi connectivity index (χ1v) is 6.67. The molecule has 0 aromatic heterocycles. The number of rotatable bonds is 4. The lowest BCUT2D eigenvalue weighted by atomic mass is 9.82. The van der Waals surface area contributed by atoms with E-state index in [2.05, 4.69) is 12.2 Å². The summed E-state index contributed by atoms with van der Waals surface area (Å²) in [7, 11) is 1.71. The highest BCUT2D eigenvalue weighted by atomic mass is 16.3. The SMILES string of the molecule is CN(CCO)C(=O)NCC1(C)CCCCCC1. The predicted molar refractivity (Wildman–Crippen MR) is 68.9 cm³/mol. The maximum Gasteiger partial charge on any atom is 0.317 e. The Kier molecular flexibility index (Phi) is 5.75. The second-order valence-corrected chi connectivity index (χ2v) is 5.53. The van der Waals surface area contributed by atoms with Crippen LogP contribution < -0.4 is 5.32 Å². The number of nitrogens with zero attached hydrogens (tertiary/aromatic N) is 1. The highest BCUT2D eigenvalue weighted by molar-refractivity contribution is 5.73. The van der Waals surface area contributed by atoms with Crippen LogP contribution >= 0.6 is 0 Å². The van der Waals surface area contributed by atoms with Gasteiger partial charge in [-0.1, -0.05) is 32.6 Å². The molecule has 1 aliphatic rings. The van der Waals surface area contributed by atoms with Gasteiger partial charge in [-0.05, 0) is 18.3 Å². The number of likely N-dealkylation sites (N-methyl/N-ethyl adjacent to an activating group) is 1. The molecular formula is C13H26N2O2. The summed E-state index contributed by atoms with van der Waals surface area (Å²) in [6.45, 7) is 3.43.